The number of alkyl carbamates (subject to hydrolysis) is 1. The fraction of sp³-hybridized carbons (Fsp3) is 0.619. The summed E-state index contributed by atoms with van der Waals surface area (Å²) in [5.41, 5.74) is 0.770. The molecule has 1 aromatic rings. The predicted octanol–water partition coefficient (Wildman–Crippen LogP) is 2.78. The van der Waals surface area contributed by atoms with Crippen molar-refractivity contribution in [2.75, 3.05) is 19.6 Å². The van der Waals surface area contributed by atoms with Gasteiger partial charge in [0, 0.05) is 32.2 Å². The maximum Gasteiger partial charge on any atom is 0.408 e. The average Bonchev–Trinajstić information content (AvgIpc) is 2.95. The number of rotatable bonds is 4. The molecular weight excluding hydrogens is 342 g/mol. The maximum atomic E-state index is 12.7. The van der Waals surface area contributed by atoms with Crippen LogP contribution in [-0.4, -0.2) is 59.1 Å². The van der Waals surface area contributed by atoms with E-state index < -0.39 is 17.7 Å². The zero-order valence-electron chi connectivity index (χ0n) is 16.6. The van der Waals surface area contributed by atoms with Gasteiger partial charge in [-0.15, -0.1) is 0 Å². The van der Waals surface area contributed by atoms with Crippen molar-refractivity contribution < 1.29 is 14.3 Å². The Balaban J connectivity index is 1.46. The van der Waals surface area contributed by atoms with Crippen molar-refractivity contribution in [3.05, 3.63) is 35.9 Å². The molecule has 6 heteroatoms. The van der Waals surface area contributed by atoms with Crippen LogP contribution < -0.4 is 5.32 Å². The standard InChI is InChI=1S/C21H31N3O3/c1-21(2,3)27-20(26)22-18-11-14-24(19(18)25)17-9-12-23(13-10-17)15-16-7-5-4-6-8-16/h4-8,17-18H,9-15H2,1-3H3,(H,22,26). The van der Waals surface area contributed by atoms with E-state index >= 15 is 0 Å². The predicted molar refractivity (Wildman–Crippen MR) is 104 cm³/mol. The first-order valence-electron chi connectivity index (χ1n) is 9.88. The number of likely N-dealkylation sites (tertiary alicyclic amines) is 2. The van der Waals surface area contributed by atoms with Crippen LogP contribution in [0.5, 0.6) is 0 Å². The molecule has 2 aliphatic heterocycles. The minimum atomic E-state index is -0.559. The van der Waals surface area contributed by atoms with E-state index in [9.17, 15) is 9.59 Å². The van der Waals surface area contributed by atoms with Gasteiger partial charge in [0.05, 0.1) is 0 Å². The fourth-order valence-electron chi connectivity index (χ4n) is 3.88. The van der Waals surface area contributed by atoms with Crippen LogP contribution in [-0.2, 0) is 16.1 Å². The summed E-state index contributed by atoms with van der Waals surface area (Å²) in [7, 11) is 0. The topological polar surface area (TPSA) is 61.9 Å². The molecule has 2 saturated heterocycles. The summed E-state index contributed by atoms with van der Waals surface area (Å²) in [5, 5.41) is 2.73. The molecule has 1 aromatic carbocycles. The van der Waals surface area contributed by atoms with Crippen LogP contribution in [0.4, 0.5) is 4.79 Å². The molecule has 3 rings (SSSR count). The first kappa shape index (κ1) is 19.7. The van der Waals surface area contributed by atoms with Crippen LogP contribution in [0.3, 0.4) is 0 Å². The van der Waals surface area contributed by atoms with Crippen LogP contribution >= 0.6 is 0 Å². The molecule has 2 amide bonds. The van der Waals surface area contributed by atoms with Gasteiger partial charge >= 0.3 is 6.09 Å². The molecule has 1 unspecified atom stereocenters. The summed E-state index contributed by atoms with van der Waals surface area (Å²) >= 11 is 0. The van der Waals surface area contributed by atoms with E-state index in [1.165, 1.54) is 5.56 Å². The van der Waals surface area contributed by atoms with Gasteiger partial charge in [-0.25, -0.2) is 4.79 Å². The third-order valence-corrected chi connectivity index (χ3v) is 5.18. The molecule has 148 valence electrons. The van der Waals surface area contributed by atoms with Gasteiger partial charge in [0.2, 0.25) is 5.91 Å². The molecule has 6 nitrogen and oxygen atoms in total. The number of hydrogen-bond donors (Lipinski definition) is 1. The zero-order chi connectivity index (χ0) is 19.4. The highest BCUT2D eigenvalue weighted by Gasteiger charge is 2.38. The van der Waals surface area contributed by atoms with Gasteiger partial charge in [-0.05, 0) is 45.6 Å². The van der Waals surface area contributed by atoms with Gasteiger partial charge in [-0.1, -0.05) is 30.3 Å². The molecule has 2 aliphatic rings. The Hall–Kier alpha value is -2.08. The van der Waals surface area contributed by atoms with Crippen molar-refractivity contribution >= 4 is 12.0 Å². The average molecular weight is 373 g/mol. The van der Waals surface area contributed by atoms with E-state index in [2.05, 4.69) is 34.5 Å². The van der Waals surface area contributed by atoms with E-state index in [4.69, 9.17) is 4.74 Å². The second kappa shape index (κ2) is 8.30. The number of nitrogens with one attached hydrogen (secondary N) is 1. The van der Waals surface area contributed by atoms with Crippen molar-refractivity contribution in [2.45, 2.75) is 64.3 Å². The van der Waals surface area contributed by atoms with E-state index in [0.717, 1.165) is 32.5 Å². The first-order valence-corrected chi connectivity index (χ1v) is 9.88. The van der Waals surface area contributed by atoms with Crippen LogP contribution in [0.25, 0.3) is 0 Å². The summed E-state index contributed by atoms with van der Waals surface area (Å²) in [6.07, 6.45) is 2.11. The van der Waals surface area contributed by atoms with Crippen LogP contribution in [0.1, 0.15) is 45.6 Å². The summed E-state index contributed by atoms with van der Waals surface area (Å²) in [6, 6.07) is 10.3. The molecule has 1 N–H and O–H groups in total. The molecule has 0 aromatic heterocycles. The van der Waals surface area contributed by atoms with E-state index in [1.54, 1.807) is 0 Å². The molecule has 2 fully saturated rings. The lowest BCUT2D eigenvalue weighted by molar-refractivity contribution is -0.132. The summed E-state index contributed by atoms with van der Waals surface area (Å²) < 4.78 is 5.27. The Labute approximate surface area is 161 Å². The second-order valence-corrected chi connectivity index (χ2v) is 8.51. The second-order valence-electron chi connectivity index (χ2n) is 8.51. The molecule has 0 saturated carbocycles. The normalized spacial score (nSPS) is 22.1. The monoisotopic (exact) mass is 373 g/mol. The van der Waals surface area contributed by atoms with E-state index in [1.807, 2.05) is 31.7 Å². The molecule has 0 radical (unpaired) electrons. The van der Waals surface area contributed by atoms with Crippen molar-refractivity contribution in [3.63, 3.8) is 0 Å². The van der Waals surface area contributed by atoms with Crippen LogP contribution in [0.2, 0.25) is 0 Å². The van der Waals surface area contributed by atoms with Crippen molar-refractivity contribution in [1.82, 2.24) is 15.1 Å². The Kier molecular flexibility index (Phi) is 6.05. The minimum Gasteiger partial charge on any atom is -0.444 e. The molecule has 0 spiro atoms. The van der Waals surface area contributed by atoms with Gasteiger partial charge in [0.1, 0.15) is 11.6 Å². The number of amides is 2. The molecule has 27 heavy (non-hydrogen) atoms. The number of carbonyl (C=O) groups is 2. The van der Waals surface area contributed by atoms with Crippen molar-refractivity contribution in [1.29, 1.82) is 0 Å². The molecule has 0 bridgehead atoms. The van der Waals surface area contributed by atoms with Crippen molar-refractivity contribution in [3.8, 4) is 0 Å². The van der Waals surface area contributed by atoms with Gasteiger partial charge in [-0.3, -0.25) is 9.69 Å². The SMILES string of the molecule is CC(C)(C)OC(=O)NC1CCN(C2CCN(Cc3ccccc3)CC2)C1=O. The minimum absolute atomic E-state index is 0.0300. The van der Waals surface area contributed by atoms with Gasteiger partial charge in [0.25, 0.3) is 0 Å². The van der Waals surface area contributed by atoms with E-state index in [-0.39, 0.29) is 11.9 Å². The summed E-state index contributed by atoms with van der Waals surface area (Å²) in [6.45, 7) is 9.11. The Morgan fingerprint density at radius 3 is 2.41 bits per heavy atom. The first-order chi connectivity index (χ1) is 12.8. The lowest BCUT2D eigenvalue weighted by Gasteiger charge is -2.36. The van der Waals surface area contributed by atoms with Crippen LogP contribution in [0.15, 0.2) is 30.3 Å². The van der Waals surface area contributed by atoms with Crippen LogP contribution in [0, 0.1) is 0 Å². The Bertz CT molecular complexity index is 648. The summed E-state index contributed by atoms with van der Waals surface area (Å²) in [4.78, 5) is 29.1. The molecule has 0 aliphatic carbocycles. The lowest BCUT2D eigenvalue weighted by atomic mass is 10.0. The number of piperidine rings is 1. The van der Waals surface area contributed by atoms with Crippen molar-refractivity contribution in [2.24, 2.45) is 0 Å². The third-order valence-electron chi connectivity index (χ3n) is 5.18. The highest BCUT2D eigenvalue weighted by molar-refractivity contribution is 5.87. The Morgan fingerprint density at radius 2 is 1.78 bits per heavy atom. The molecular formula is C21H31N3O3. The fourth-order valence-corrected chi connectivity index (χ4v) is 3.88. The third kappa shape index (κ3) is 5.45. The quantitative estimate of drug-likeness (QED) is 0.882. The smallest absolute Gasteiger partial charge is 0.408 e. The number of carbonyl (C=O) groups excluding carboxylic acids is 2. The van der Waals surface area contributed by atoms with Gasteiger partial charge in [0.15, 0.2) is 0 Å². The maximum absolute atomic E-state index is 12.7. The Morgan fingerprint density at radius 1 is 1.11 bits per heavy atom. The van der Waals surface area contributed by atoms with E-state index in [0.29, 0.717) is 13.0 Å². The molecule has 2 heterocycles. The lowest BCUT2D eigenvalue weighted by Crippen LogP contribution is -2.49. The largest absolute Gasteiger partial charge is 0.444 e. The number of ether oxygens (including phenoxy) is 1. The van der Waals surface area contributed by atoms with Gasteiger partial charge in [-0.2, -0.15) is 0 Å². The highest BCUT2D eigenvalue weighted by Crippen LogP contribution is 2.23. The molecule has 1 atom stereocenters. The highest BCUT2D eigenvalue weighted by atomic mass is 16.6. The summed E-state index contributed by atoms with van der Waals surface area (Å²) in [5.74, 6) is 0.0300. The number of benzene rings is 1. The van der Waals surface area contributed by atoms with Gasteiger partial charge < -0.3 is 15.0 Å². The number of hydrogen-bond acceptors (Lipinski definition) is 4. The zero-order valence-corrected chi connectivity index (χ0v) is 16.6. The number of nitrogens with zero attached hydrogens (tertiary/aromatic N) is 2.